The molecule has 0 fully saturated rings. The minimum atomic E-state index is -1.05. The van der Waals surface area contributed by atoms with Gasteiger partial charge in [0.05, 0.1) is 6.54 Å². The third-order valence-electron chi connectivity index (χ3n) is 4.36. The lowest BCUT2D eigenvalue weighted by Crippen LogP contribution is -2.52. The average molecular weight is 395 g/mol. The van der Waals surface area contributed by atoms with Gasteiger partial charge in [0, 0.05) is 32.1 Å². The zero-order valence-corrected chi connectivity index (χ0v) is 17.2. The number of aliphatic carboxylic acids is 1. The summed E-state index contributed by atoms with van der Waals surface area (Å²) < 4.78 is 13.5. The Balaban J connectivity index is 2.97. The van der Waals surface area contributed by atoms with E-state index in [0.717, 1.165) is 0 Å². The van der Waals surface area contributed by atoms with Crippen molar-refractivity contribution in [3.63, 3.8) is 0 Å². The molecule has 2 amide bonds. The molecule has 0 aliphatic rings. The monoisotopic (exact) mass is 395 g/mol. The van der Waals surface area contributed by atoms with Crippen LogP contribution in [0.25, 0.3) is 0 Å². The van der Waals surface area contributed by atoms with Gasteiger partial charge >= 0.3 is 5.97 Å². The molecule has 1 unspecified atom stereocenters. The van der Waals surface area contributed by atoms with Crippen LogP contribution in [0, 0.1) is 5.82 Å². The number of carbonyl (C=O) groups excluding carboxylic acids is 2. The predicted octanol–water partition coefficient (Wildman–Crippen LogP) is 1.86. The highest BCUT2D eigenvalue weighted by Gasteiger charge is 2.30. The number of benzene rings is 1. The SMILES string of the molecule is CC(=O)NCCN(CC(=O)N(Cc1cccc(F)c1)C(C)(C)C)C(C)C(=O)O. The van der Waals surface area contributed by atoms with Crippen molar-refractivity contribution in [3.8, 4) is 0 Å². The molecule has 1 aromatic carbocycles. The van der Waals surface area contributed by atoms with Crippen molar-refractivity contribution in [2.45, 2.75) is 52.7 Å². The van der Waals surface area contributed by atoms with Crippen molar-refractivity contribution in [2.75, 3.05) is 19.6 Å². The van der Waals surface area contributed by atoms with Gasteiger partial charge < -0.3 is 15.3 Å². The number of nitrogens with one attached hydrogen (secondary N) is 1. The number of hydrogen-bond donors (Lipinski definition) is 2. The largest absolute Gasteiger partial charge is 0.480 e. The van der Waals surface area contributed by atoms with Gasteiger partial charge in [0.25, 0.3) is 0 Å². The Morgan fingerprint density at radius 2 is 1.89 bits per heavy atom. The van der Waals surface area contributed by atoms with Gasteiger partial charge in [-0.25, -0.2) is 4.39 Å². The van der Waals surface area contributed by atoms with Gasteiger partial charge in [-0.15, -0.1) is 0 Å². The highest BCUT2D eigenvalue weighted by Crippen LogP contribution is 2.19. The Labute approximate surface area is 165 Å². The molecule has 0 heterocycles. The number of amides is 2. The van der Waals surface area contributed by atoms with Crippen molar-refractivity contribution in [3.05, 3.63) is 35.6 Å². The molecule has 0 saturated carbocycles. The fourth-order valence-corrected chi connectivity index (χ4v) is 2.72. The molecular weight excluding hydrogens is 365 g/mol. The van der Waals surface area contributed by atoms with Crippen molar-refractivity contribution >= 4 is 17.8 Å². The summed E-state index contributed by atoms with van der Waals surface area (Å²) >= 11 is 0. The quantitative estimate of drug-likeness (QED) is 0.666. The number of nitrogens with zero attached hydrogens (tertiary/aromatic N) is 2. The van der Waals surface area contributed by atoms with Gasteiger partial charge in [-0.2, -0.15) is 0 Å². The van der Waals surface area contributed by atoms with Crippen molar-refractivity contribution < 1.29 is 23.9 Å². The van der Waals surface area contributed by atoms with Crippen LogP contribution in [0.1, 0.15) is 40.2 Å². The predicted molar refractivity (Wildman–Crippen MR) is 104 cm³/mol. The highest BCUT2D eigenvalue weighted by molar-refractivity contribution is 5.80. The van der Waals surface area contributed by atoms with E-state index < -0.39 is 17.6 Å². The Kier molecular flexibility index (Phi) is 8.56. The molecule has 0 aromatic heterocycles. The van der Waals surface area contributed by atoms with Gasteiger partial charge in [-0.1, -0.05) is 12.1 Å². The number of rotatable bonds is 9. The van der Waals surface area contributed by atoms with E-state index in [1.165, 1.54) is 30.9 Å². The second-order valence-corrected chi connectivity index (χ2v) is 7.75. The van der Waals surface area contributed by atoms with Crippen LogP contribution in [0.15, 0.2) is 24.3 Å². The first-order chi connectivity index (χ1) is 12.9. The minimum absolute atomic E-state index is 0.125. The Morgan fingerprint density at radius 1 is 1.25 bits per heavy atom. The first kappa shape index (κ1) is 23.6. The Hall–Kier alpha value is -2.48. The van der Waals surface area contributed by atoms with Crippen molar-refractivity contribution in [1.82, 2.24) is 15.1 Å². The Morgan fingerprint density at radius 3 is 2.39 bits per heavy atom. The summed E-state index contributed by atoms with van der Waals surface area (Å²) in [6.45, 7) is 9.01. The molecule has 7 nitrogen and oxygen atoms in total. The smallest absolute Gasteiger partial charge is 0.320 e. The van der Waals surface area contributed by atoms with Crippen LogP contribution >= 0.6 is 0 Å². The summed E-state index contributed by atoms with van der Waals surface area (Å²) in [4.78, 5) is 38.6. The minimum Gasteiger partial charge on any atom is -0.480 e. The zero-order chi connectivity index (χ0) is 21.5. The first-order valence-corrected chi connectivity index (χ1v) is 9.18. The summed E-state index contributed by atoms with van der Waals surface area (Å²) in [6, 6.07) is 5.14. The van der Waals surface area contributed by atoms with Crippen molar-refractivity contribution in [2.24, 2.45) is 0 Å². The lowest BCUT2D eigenvalue weighted by molar-refractivity contribution is -0.145. The third-order valence-corrected chi connectivity index (χ3v) is 4.36. The molecule has 0 saturated heterocycles. The maximum Gasteiger partial charge on any atom is 0.320 e. The van der Waals surface area contributed by atoms with Crippen molar-refractivity contribution in [1.29, 1.82) is 0 Å². The first-order valence-electron chi connectivity index (χ1n) is 9.18. The van der Waals surface area contributed by atoms with E-state index in [9.17, 15) is 23.9 Å². The lowest BCUT2D eigenvalue weighted by Gasteiger charge is -2.38. The second-order valence-electron chi connectivity index (χ2n) is 7.75. The number of carbonyl (C=O) groups is 3. The molecule has 156 valence electrons. The molecule has 2 N–H and O–H groups in total. The molecule has 0 radical (unpaired) electrons. The summed E-state index contributed by atoms with van der Waals surface area (Å²) in [5.41, 5.74) is 0.110. The molecule has 1 aromatic rings. The van der Waals surface area contributed by atoms with Crippen LogP contribution in [0.5, 0.6) is 0 Å². The third kappa shape index (κ3) is 7.64. The van der Waals surface area contributed by atoms with Gasteiger partial charge in [-0.3, -0.25) is 19.3 Å². The van der Waals surface area contributed by atoms with E-state index in [1.54, 1.807) is 17.0 Å². The summed E-state index contributed by atoms with van der Waals surface area (Å²) in [6.07, 6.45) is 0. The van der Waals surface area contributed by atoms with Crippen LogP contribution < -0.4 is 5.32 Å². The van der Waals surface area contributed by atoms with Gasteiger partial charge in [0.15, 0.2) is 0 Å². The summed E-state index contributed by atoms with van der Waals surface area (Å²) in [5.74, 6) is -1.93. The van der Waals surface area contributed by atoms with Crippen LogP contribution in [0.2, 0.25) is 0 Å². The molecule has 8 heteroatoms. The van der Waals surface area contributed by atoms with Gasteiger partial charge in [0.1, 0.15) is 11.9 Å². The molecule has 1 atom stereocenters. The summed E-state index contributed by atoms with van der Waals surface area (Å²) in [5, 5.41) is 12.0. The maximum atomic E-state index is 13.5. The van der Waals surface area contributed by atoms with Gasteiger partial charge in [0.2, 0.25) is 11.8 Å². The molecule has 0 spiro atoms. The fourth-order valence-electron chi connectivity index (χ4n) is 2.72. The maximum absolute atomic E-state index is 13.5. The van der Waals surface area contributed by atoms with Crippen LogP contribution in [-0.4, -0.2) is 63.9 Å². The van der Waals surface area contributed by atoms with Crippen LogP contribution in [0.4, 0.5) is 4.39 Å². The van der Waals surface area contributed by atoms with E-state index in [-0.39, 0.29) is 43.8 Å². The number of halogens is 1. The number of hydrogen-bond acceptors (Lipinski definition) is 4. The lowest BCUT2D eigenvalue weighted by atomic mass is 10.0. The molecule has 0 aliphatic carbocycles. The van der Waals surface area contributed by atoms with Gasteiger partial charge in [-0.05, 0) is 45.4 Å². The number of carboxylic acid groups (broad SMARTS) is 1. The topological polar surface area (TPSA) is 90.0 Å². The fraction of sp³-hybridized carbons (Fsp3) is 0.550. The molecule has 0 aliphatic heterocycles. The van der Waals surface area contributed by atoms with E-state index >= 15 is 0 Å². The average Bonchev–Trinajstić information content (AvgIpc) is 2.56. The molecule has 28 heavy (non-hydrogen) atoms. The second kappa shape index (κ2) is 10.2. The van der Waals surface area contributed by atoms with E-state index in [2.05, 4.69) is 5.32 Å². The van der Waals surface area contributed by atoms with E-state index in [0.29, 0.717) is 5.56 Å². The standard InChI is InChI=1S/C20H30FN3O4/c1-14(19(27)28)23(10-9-22-15(2)25)13-18(26)24(20(3,4)5)12-16-7-6-8-17(21)11-16/h6-8,11,14H,9-10,12-13H2,1-5H3,(H,22,25)(H,27,28). The highest BCUT2D eigenvalue weighted by atomic mass is 19.1. The normalized spacial score (nSPS) is 12.5. The van der Waals surface area contributed by atoms with E-state index in [1.807, 2.05) is 20.8 Å². The molecular formula is C20H30FN3O4. The molecule has 0 bridgehead atoms. The number of carboxylic acids is 1. The Bertz CT molecular complexity index is 703. The van der Waals surface area contributed by atoms with Crippen LogP contribution in [-0.2, 0) is 20.9 Å². The summed E-state index contributed by atoms with van der Waals surface area (Å²) in [7, 11) is 0. The molecule has 1 rings (SSSR count). The van der Waals surface area contributed by atoms with Crippen LogP contribution in [0.3, 0.4) is 0 Å². The zero-order valence-electron chi connectivity index (χ0n) is 17.2. The van der Waals surface area contributed by atoms with E-state index in [4.69, 9.17) is 0 Å².